The zero-order valence-electron chi connectivity index (χ0n) is 13.4. The van der Waals surface area contributed by atoms with E-state index in [9.17, 15) is 18.3 Å². The Kier molecular flexibility index (Phi) is 6.19. The molecule has 1 amide bonds. The minimum Gasteiger partial charge on any atom is -0.388 e. The quantitative estimate of drug-likeness (QED) is 0.755. The van der Waals surface area contributed by atoms with Crippen LogP contribution in [0.3, 0.4) is 0 Å². The van der Waals surface area contributed by atoms with Gasteiger partial charge in [0, 0.05) is 13.1 Å². The van der Waals surface area contributed by atoms with Gasteiger partial charge >= 0.3 is 0 Å². The van der Waals surface area contributed by atoms with Crippen LogP contribution in [0.15, 0.2) is 0 Å². The lowest BCUT2D eigenvalue weighted by molar-refractivity contribution is -0.127. The van der Waals surface area contributed by atoms with Gasteiger partial charge in [-0.15, -0.1) is 0 Å². The summed E-state index contributed by atoms with van der Waals surface area (Å²) in [4.78, 5) is 12.3. The first kappa shape index (κ1) is 18.4. The molecule has 0 saturated carbocycles. The third kappa shape index (κ3) is 5.92. The molecule has 7 heteroatoms. The summed E-state index contributed by atoms with van der Waals surface area (Å²) in [5.41, 5.74) is -0.978. The fourth-order valence-electron chi connectivity index (χ4n) is 2.91. The molecule has 0 aromatic rings. The Bertz CT molecular complexity index is 460. The second kappa shape index (κ2) is 7.07. The Balaban J connectivity index is 2.65. The predicted octanol–water partition coefficient (Wildman–Crippen LogP) is 0.714. The van der Waals surface area contributed by atoms with Crippen LogP contribution in [0.25, 0.3) is 0 Å². The average molecular weight is 320 g/mol. The zero-order chi connectivity index (χ0) is 16.3. The van der Waals surface area contributed by atoms with Gasteiger partial charge in [0.05, 0.1) is 11.9 Å². The molecule has 1 heterocycles. The number of amides is 1. The van der Waals surface area contributed by atoms with Crippen molar-refractivity contribution in [2.45, 2.75) is 58.1 Å². The highest BCUT2D eigenvalue weighted by Crippen LogP contribution is 2.20. The van der Waals surface area contributed by atoms with Crippen LogP contribution in [0.1, 0.15) is 46.5 Å². The summed E-state index contributed by atoms with van der Waals surface area (Å²) < 4.78 is 24.8. The molecular formula is C14H28N2O4S. The fraction of sp³-hybridized carbons (Fsp3) is 0.929. The molecule has 2 atom stereocenters. The van der Waals surface area contributed by atoms with Crippen LogP contribution >= 0.6 is 0 Å². The van der Waals surface area contributed by atoms with Crippen LogP contribution in [0.2, 0.25) is 0 Å². The summed E-state index contributed by atoms with van der Waals surface area (Å²) in [6.45, 7) is 6.21. The Hall–Kier alpha value is -0.660. The van der Waals surface area contributed by atoms with E-state index in [2.05, 4.69) is 5.32 Å². The van der Waals surface area contributed by atoms with Gasteiger partial charge in [-0.3, -0.25) is 4.79 Å². The maximum Gasteiger partial charge on any atom is 0.238 e. The van der Waals surface area contributed by atoms with Crippen molar-refractivity contribution < 1.29 is 18.3 Å². The van der Waals surface area contributed by atoms with Gasteiger partial charge in [-0.1, -0.05) is 20.3 Å². The summed E-state index contributed by atoms with van der Waals surface area (Å²) in [7, 11) is -3.38. The van der Waals surface area contributed by atoms with Gasteiger partial charge in [0.15, 0.2) is 0 Å². The Labute approximate surface area is 128 Å². The topological polar surface area (TPSA) is 86.7 Å². The molecule has 2 N–H and O–H groups in total. The molecule has 0 aliphatic carbocycles. The summed E-state index contributed by atoms with van der Waals surface area (Å²) in [6.07, 6.45) is 3.86. The summed E-state index contributed by atoms with van der Waals surface area (Å²) >= 11 is 0. The molecule has 2 unspecified atom stereocenters. The maximum absolute atomic E-state index is 12.3. The first-order chi connectivity index (χ1) is 9.53. The van der Waals surface area contributed by atoms with E-state index in [1.165, 1.54) is 4.31 Å². The van der Waals surface area contributed by atoms with E-state index in [4.69, 9.17) is 0 Å². The summed E-state index contributed by atoms with van der Waals surface area (Å²) in [6, 6.07) is -0.649. The largest absolute Gasteiger partial charge is 0.388 e. The highest BCUT2D eigenvalue weighted by molar-refractivity contribution is 7.88. The van der Waals surface area contributed by atoms with Crippen molar-refractivity contribution in [2.75, 3.05) is 19.3 Å². The minimum absolute atomic E-state index is 0.137. The molecule has 6 nitrogen and oxygen atoms in total. The lowest BCUT2D eigenvalue weighted by atomic mass is 9.94. The van der Waals surface area contributed by atoms with Crippen LogP contribution in [-0.2, 0) is 14.8 Å². The molecule has 1 rings (SSSR count). The summed E-state index contributed by atoms with van der Waals surface area (Å²) in [5, 5.41) is 12.9. The van der Waals surface area contributed by atoms with Gasteiger partial charge < -0.3 is 10.4 Å². The van der Waals surface area contributed by atoms with Gasteiger partial charge in [0.2, 0.25) is 15.9 Å². The van der Waals surface area contributed by atoms with Gasteiger partial charge in [0.25, 0.3) is 0 Å². The van der Waals surface area contributed by atoms with E-state index >= 15 is 0 Å². The number of aliphatic hydroxyl groups is 1. The molecule has 1 saturated heterocycles. The van der Waals surface area contributed by atoms with Crippen molar-refractivity contribution in [3.05, 3.63) is 0 Å². The molecule has 0 aromatic carbocycles. The van der Waals surface area contributed by atoms with E-state index in [-0.39, 0.29) is 12.5 Å². The molecule has 0 spiro atoms. The molecule has 0 aromatic heterocycles. The molecular weight excluding hydrogens is 292 g/mol. The van der Waals surface area contributed by atoms with Gasteiger partial charge in [-0.2, -0.15) is 4.31 Å². The molecule has 1 fully saturated rings. The standard InChI is InChI=1S/C14H28N2O4S/c1-11(2)9-14(3,18)10-15-13(17)12-7-5-6-8-16(12)21(4,19)20/h11-12,18H,5-10H2,1-4H3,(H,15,17). The van der Waals surface area contributed by atoms with Crippen molar-refractivity contribution in [3.8, 4) is 0 Å². The second-order valence-electron chi connectivity index (χ2n) is 6.70. The monoisotopic (exact) mass is 320 g/mol. The normalized spacial score (nSPS) is 23.8. The average Bonchev–Trinajstić information content (AvgIpc) is 2.33. The van der Waals surface area contributed by atoms with Crippen molar-refractivity contribution in [3.63, 3.8) is 0 Å². The van der Waals surface area contributed by atoms with E-state index in [0.29, 0.717) is 25.3 Å². The highest BCUT2D eigenvalue weighted by atomic mass is 32.2. The van der Waals surface area contributed by atoms with Crippen molar-refractivity contribution >= 4 is 15.9 Å². The first-order valence-electron chi connectivity index (χ1n) is 7.50. The minimum atomic E-state index is -3.38. The van der Waals surface area contributed by atoms with E-state index in [1.54, 1.807) is 6.92 Å². The number of rotatable bonds is 6. The molecule has 0 radical (unpaired) electrons. The van der Waals surface area contributed by atoms with Crippen LogP contribution in [0.4, 0.5) is 0 Å². The third-order valence-electron chi connectivity index (χ3n) is 3.67. The van der Waals surface area contributed by atoms with E-state index in [0.717, 1.165) is 19.1 Å². The fourth-order valence-corrected chi connectivity index (χ4v) is 4.04. The van der Waals surface area contributed by atoms with Crippen molar-refractivity contribution in [1.82, 2.24) is 9.62 Å². The number of nitrogens with zero attached hydrogens (tertiary/aromatic N) is 1. The molecule has 0 bridgehead atoms. The number of hydrogen-bond acceptors (Lipinski definition) is 4. The number of nitrogens with one attached hydrogen (secondary N) is 1. The Morgan fingerprint density at radius 1 is 1.43 bits per heavy atom. The van der Waals surface area contributed by atoms with Crippen molar-refractivity contribution in [1.29, 1.82) is 0 Å². The molecule has 1 aliphatic rings. The number of carbonyl (C=O) groups excluding carboxylic acids is 1. The lowest BCUT2D eigenvalue weighted by Crippen LogP contribution is -2.53. The van der Waals surface area contributed by atoms with Gasteiger partial charge in [-0.05, 0) is 32.1 Å². The summed E-state index contributed by atoms with van der Waals surface area (Å²) in [5.74, 6) is 0.00302. The highest BCUT2D eigenvalue weighted by Gasteiger charge is 2.35. The van der Waals surface area contributed by atoms with Crippen LogP contribution in [-0.4, -0.2) is 54.7 Å². The van der Waals surface area contributed by atoms with Crippen LogP contribution < -0.4 is 5.32 Å². The number of hydrogen-bond donors (Lipinski definition) is 2. The number of carbonyl (C=O) groups is 1. The Morgan fingerprint density at radius 3 is 2.57 bits per heavy atom. The second-order valence-corrected chi connectivity index (χ2v) is 8.63. The number of sulfonamides is 1. The van der Waals surface area contributed by atoms with Gasteiger partial charge in [0.1, 0.15) is 6.04 Å². The van der Waals surface area contributed by atoms with Crippen LogP contribution in [0, 0.1) is 5.92 Å². The third-order valence-corrected chi connectivity index (χ3v) is 4.96. The number of piperidine rings is 1. The van der Waals surface area contributed by atoms with Gasteiger partial charge in [-0.25, -0.2) is 8.42 Å². The van der Waals surface area contributed by atoms with Crippen LogP contribution in [0.5, 0.6) is 0 Å². The molecule has 1 aliphatic heterocycles. The van der Waals surface area contributed by atoms with E-state index in [1.807, 2.05) is 13.8 Å². The maximum atomic E-state index is 12.3. The zero-order valence-corrected chi connectivity index (χ0v) is 14.2. The smallest absolute Gasteiger partial charge is 0.238 e. The van der Waals surface area contributed by atoms with E-state index < -0.39 is 21.7 Å². The molecule has 124 valence electrons. The molecule has 21 heavy (non-hydrogen) atoms. The Morgan fingerprint density at radius 2 is 2.05 bits per heavy atom. The predicted molar refractivity (Wildman–Crippen MR) is 82.3 cm³/mol. The first-order valence-corrected chi connectivity index (χ1v) is 9.35. The lowest BCUT2D eigenvalue weighted by Gasteiger charge is -2.33. The SMILES string of the molecule is CC(C)CC(C)(O)CNC(=O)C1CCCCN1S(C)(=O)=O. The van der Waals surface area contributed by atoms with Crippen molar-refractivity contribution in [2.24, 2.45) is 5.92 Å².